The van der Waals surface area contributed by atoms with E-state index in [0.29, 0.717) is 63.2 Å². The summed E-state index contributed by atoms with van der Waals surface area (Å²) in [6.45, 7) is 7.12. The second-order valence-electron chi connectivity index (χ2n) is 14.7. The van der Waals surface area contributed by atoms with Gasteiger partial charge in [0.15, 0.2) is 0 Å². The molecule has 4 heterocycles. The van der Waals surface area contributed by atoms with E-state index in [-0.39, 0.29) is 16.9 Å². The molecule has 0 radical (unpaired) electrons. The average Bonchev–Trinajstić information content (AvgIpc) is 3.99. The van der Waals surface area contributed by atoms with Gasteiger partial charge in [0.05, 0.1) is 43.5 Å². The lowest BCUT2D eigenvalue weighted by molar-refractivity contribution is -0.0225. The maximum atomic E-state index is 15.5. The molecular formula is C39H45FN8O3. The zero-order valence-corrected chi connectivity index (χ0v) is 29.1. The van der Waals surface area contributed by atoms with E-state index in [1.807, 2.05) is 54.6 Å². The van der Waals surface area contributed by atoms with E-state index in [4.69, 9.17) is 9.47 Å². The van der Waals surface area contributed by atoms with Crippen LogP contribution in [0.1, 0.15) is 44.6 Å². The fraction of sp³-hybridized carbons (Fsp3) is 0.436. The summed E-state index contributed by atoms with van der Waals surface area (Å²) in [5, 5.41) is 13.0. The molecule has 1 aliphatic carbocycles. The van der Waals surface area contributed by atoms with Crippen molar-refractivity contribution in [2.24, 2.45) is 11.3 Å². The van der Waals surface area contributed by atoms with Gasteiger partial charge in [0.25, 0.3) is 0 Å². The summed E-state index contributed by atoms with van der Waals surface area (Å²) >= 11 is 0. The molecule has 0 unspecified atom stereocenters. The molecule has 2 atom stereocenters. The van der Waals surface area contributed by atoms with Crippen LogP contribution in [-0.4, -0.2) is 68.7 Å². The van der Waals surface area contributed by atoms with E-state index in [0.717, 1.165) is 30.0 Å². The lowest BCUT2D eigenvalue weighted by Crippen LogP contribution is -2.46. The van der Waals surface area contributed by atoms with Gasteiger partial charge < -0.3 is 19.3 Å². The molecule has 0 N–H and O–H groups in total. The fourth-order valence-corrected chi connectivity index (χ4v) is 8.07. The molecule has 3 fully saturated rings. The Labute approximate surface area is 297 Å². The Kier molecular flexibility index (Phi) is 9.10. The molecule has 11 nitrogen and oxygen atoms in total. The molecule has 5 aromatic rings. The molecule has 2 aromatic heterocycles. The third-order valence-corrected chi connectivity index (χ3v) is 10.8. The van der Waals surface area contributed by atoms with E-state index in [1.54, 1.807) is 32.8 Å². The van der Waals surface area contributed by atoms with Gasteiger partial charge >= 0.3 is 5.69 Å². The third-order valence-electron chi connectivity index (χ3n) is 10.8. The maximum Gasteiger partial charge on any atom is 0.350 e. The fourth-order valence-electron chi connectivity index (χ4n) is 8.07. The van der Waals surface area contributed by atoms with Crippen LogP contribution in [0.3, 0.4) is 0 Å². The summed E-state index contributed by atoms with van der Waals surface area (Å²) in [4.78, 5) is 19.0. The Morgan fingerprint density at radius 1 is 0.882 bits per heavy atom. The maximum absolute atomic E-state index is 15.5. The molecule has 0 amide bonds. The molecule has 51 heavy (non-hydrogen) atoms. The van der Waals surface area contributed by atoms with E-state index in [9.17, 15) is 4.79 Å². The number of hydrogen-bond donors (Lipinski definition) is 0. The molecule has 3 aromatic carbocycles. The van der Waals surface area contributed by atoms with Crippen LogP contribution in [0.25, 0.3) is 5.69 Å². The SMILES string of the molecule is C[C@]1(COc2ccc(N3CCN(c4ccc(-n5cnn(CC6CCCC6)c5=O)cc4)CC3)c(F)c2)CO[C@](Cn2nccn2)(c2ccccc2)C1. The van der Waals surface area contributed by atoms with Crippen molar-refractivity contribution in [3.63, 3.8) is 0 Å². The van der Waals surface area contributed by atoms with Gasteiger partial charge in [0.2, 0.25) is 0 Å². The van der Waals surface area contributed by atoms with E-state index in [2.05, 4.69) is 44.2 Å². The van der Waals surface area contributed by atoms with Gasteiger partial charge in [-0.15, -0.1) is 0 Å². The highest BCUT2D eigenvalue weighted by molar-refractivity contribution is 5.55. The number of anilines is 2. The number of hydrogen-bond acceptors (Lipinski definition) is 8. The van der Waals surface area contributed by atoms with Gasteiger partial charge in [-0.25, -0.2) is 18.4 Å². The molecule has 12 heteroatoms. The number of ether oxygens (including phenoxy) is 2. The highest BCUT2D eigenvalue weighted by atomic mass is 19.1. The third kappa shape index (κ3) is 7.01. The second-order valence-corrected chi connectivity index (χ2v) is 14.7. The number of rotatable bonds is 11. The molecule has 2 aliphatic heterocycles. The highest BCUT2D eigenvalue weighted by Gasteiger charge is 2.49. The van der Waals surface area contributed by atoms with Gasteiger partial charge in [0.1, 0.15) is 23.5 Å². The summed E-state index contributed by atoms with van der Waals surface area (Å²) in [5.74, 6) is 0.762. The van der Waals surface area contributed by atoms with Crippen molar-refractivity contribution in [1.29, 1.82) is 0 Å². The van der Waals surface area contributed by atoms with Crippen LogP contribution in [-0.2, 0) is 23.4 Å². The average molecular weight is 693 g/mol. The predicted octanol–water partition coefficient (Wildman–Crippen LogP) is 5.68. The van der Waals surface area contributed by atoms with Crippen LogP contribution in [0.2, 0.25) is 0 Å². The van der Waals surface area contributed by atoms with Crippen LogP contribution < -0.4 is 20.2 Å². The number of halogens is 1. The van der Waals surface area contributed by atoms with Gasteiger partial charge in [-0.2, -0.15) is 20.1 Å². The molecule has 2 saturated heterocycles. The normalized spacial score (nSPS) is 22.5. The number of piperazine rings is 1. The molecule has 1 saturated carbocycles. The van der Waals surface area contributed by atoms with Crippen molar-refractivity contribution in [1.82, 2.24) is 29.3 Å². The van der Waals surface area contributed by atoms with Crippen molar-refractivity contribution in [2.75, 3.05) is 49.2 Å². The standard InChI is InChI=1S/C39H45FN8O3/c1-38(25-39(51-28-38,26-48-41-17-18-42-48)31-9-3-2-4-10-31)27-50-34-15-16-36(35(40)23-34)45-21-19-44(20-22-45)32-11-13-33(14-12-32)46-29-43-47(37(46)49)24-30-7-5-6-8-30/h2-4,9-18,23,29-30H,5-8,19-22,24-28H2,1H3/t38-,39+/m0/s1. The van der Waals surface area contributed by atoms with Crippen molar-refractivity contribution in [3.8, 4) is 11.4 Å². The Balaban J connectivity index is 0.861. The largest absolute Gasteiger partial charge is 0.493 e. The molecule has 0 spiro atoms. The molecule has 3 aliphatic rings. The molecular weight excluding hydrogens is 647 g/mol. The topological polar surface area (TPSA) is 95.5 Å². The van der Waals surface area contributed by atoms with Gasteiger partial charge in [-0.1, -0.05) is 50.1 Å². The van der Waals surface area contributed by atoms with E-state index < -0.39 is 5.60 Å². The van der Waals surface area contributed by atoms with E-state index >= 15 is 4.39 Å². The predicted molar refractivity (Wildman–Crippen MR) is 193 cm³/mol. The van der Waals surface area contributed by atoms with Crippen LogP contribution in [0.15, 0.2) is 96.3 Å². The van der Waals surface area contributed by atoms with Gasteiger partial charge in [0, 0.05) is 49.9 Å². The first-order valence-electron chi connectivity index (χ1n) is 18.1. The summed E-state index contributed by atoms with van der Waals surface area (Å²) in [7, 11) is 0. The van der Waals surface area contributed by atoms with Crippen LogP contribution in [0.5, 0.6) is 5.75 Å². The van der Waals surface area contributed by atoms with Gasteiger partial charge in [-0.3, -0.25) is 0 Å². The van der Waals surface area contributed by atoms with Gasteiger partial charge in [-0.05, 0) is 67.1 Å². The smallest absolute Gasteiger partial charge is 0.350 e. The first-order valence-corrected chi connectivity index (χ1v) is 18.1. The van der Waals surface area contributed by atoms with Crippen molar-refractivity contribution >= 4 is 11.4 Å². The highest BCUT2D eigenvalue weighted by Crippen LogP contribution is 2.47. The summed E-state index contributed by atoms with van der Waals surface area (Å²) < 4.78 is 31.5. The lowest BCUT2D eigenvalue weighted by Gasteiger charge is -2.37. The Hall–Kier alpha value is -4.97. The minimum absolute atomic E-state index is 0.0901. The Morgan fingerprint density at radius 2 is 1.59 bits per heavy atom. The summed E-state index contributed by atoms with van der Waals surface area (Å²) in [6, 6.07) is 23.4. The van der Waals surface area contributed by atoms with Crippen molar-refractivity contribution in [3.05, 3.63) is 113 Å². The monoisotopic (exact) mass is 692 g/mol. The van der Waals surface area contributed by atoms with Crippen LogP contribution in [0.4, 0.5) is 15.8 Å². The zero-order chi connectivity index (χ0) is 34.8. The first-order chi connectivity index (χ1) is 24.9. The van der Waals surface area contributed by atoms with E-state index in [1.165, 1.54) is 31.7 Å². The van der Waals surface area contributed by atoms with Crippen LogP contribution in [0, 0.1) is 17.2 Å². The molecule has 266 valence electrons. The summed E-state index contributed by atoms with van der Waals surface area (Å²) in [5.41, 5.74) is 2.57. The first kappa shape index (κ1) is 33.2. The quantitative estimate of drug-likeness (QED) is 0.175. The molecule has 8 rings (SSSR count). The summed E-state index contributed by atoms with van der Waals surface area (Å²) in [6.07, 6.45) is 10.5. The van der Waals surface area contributed by atoms with Crippen molar-refractivity contribution < 1.29 is 13.9 Å². The second kappa shape index (κ2) is 14.0. The number of nitrogens with zero attached hydrogens (tertiary/aromatic N) is 8. The van der Waals surface area contributed by atoms with Crippen molar-refractivity contribution in [2.45, 2.75) is 57.7 Å². The Bertz CT molecular complexity index is 1970. The Morgan fingerprint density at radius 3 is 2.31 bits per heavy atom. The minimum atomic E-state index is -0.588. The van der Waals surface area contributed by atoms with Crippen LogP contribution >= 0.6 is 0 Å². The molecule has 0 bridgehead atoms. The minimum Gasteiger partial charge on any atom is -0.493 e. The number of benzene rings is 3. The lowest BCUT2D eigenvalue weighted by atomic mass is 9.79. The zero-order valence-electron chi connectivity index (χ0n) is 29.1. The number of aromatic nitrogens is 6.